The third-order valence-electron chi connectivity index (χ3n) is 10.0. The molecule has 0 unspecified atom stereocenters. The van der Waals surface area contributed by atoms with Crippen LogP contribution in [-0.2, 0) is 9.53 Å². The van der Waals surface area contributed by atoms with E-state index in [0.717, 1.165) is 73.4 Å². The SMILES string of the molecule is C[C@@H](NC(=O)c1cc(C2CCN(C(=O)C3COC3)CC2)cs1)c1ccc(C(=C2CC3(C2)CN(C)C3)c2ccc(F)cc2)cc1. The van der Waals surface area contributed by atoms with Crippen molar-refractivity contribution in [1.82, 2.24) is 15.1 Å². The van der Waals surface area contributed by atoms with Gasteiger partial charge in [0.15, 0.2) is 0 Å². The summed E-state index contributed by atoms with van der Waals surface area (Å²) in [5.74, 6) is 0.358. The van der Waals surface area contributed by atoms with Crippen LogP contribution >= 0.6 is 11.3 Å². The van der Waals surface area contributed by atoms with E-state index in [0.29, 0.717) is 24.5 Å². The van der Waals surface area contributed by atoms with Crippen LogP contribution in [0.3, 0.4) is 0 Å². The summed E-state index contributed by atoms with van der Waals surface area (Å²) in [7, 11) is 2.17. The van der Waals surface area contributed by atoms with Gasteiger partial charge in [-0.25, -0.2) is 4.39 Å². The molecule has 3 aliphatic heterocycles. The summed E-state index contributed by atoms with van der Waals surface area (Å²) in [6.45, 7) is 6.95. The molecule has 1 spiro atoms. The number of thiophene rings is 1. The van der Waals surface area contributed by atoms with Crippen LogP contribution in [-0.4, -0.2) is 68.1 Å². The molecule has 1 aliphatic carbocycles. The number of benzene rings is 2. The Hall–Kier alpha value is -3.33. The van der Waals surface area contributed by atoms with Crippen molar-refractivity contribution in [2.45, 2.75) is 44.6 Å². The van der Waals surface area contributed by atoms with Gasteiger partial charge in [0.25, 0.3) is 5.91 Å². The molecule has 0 radical (unpaired) electrons. The van der Waals surface area contributed by atoms with Gasteiger partial charge in [0.1, 0.15) is 5.82 Å². The van der Waals surface area contributed by atoms with Crippen molar-refractivity contribution in [2.75, 3.05) is 46.4 Å². The highest BCUT2D eigenvalue weighted by Gasteiger charge is 2.49. The minimum Gasteiger partial charge on any atom is -0.380 e. The summed E-state index contributed by atoms with van der Waals surface area (Å²) < 4.78 is 18.9. The highest BCUT2D eigenvalue weighted by Crippen LogP contribution is 2.54. The van der Waals surface area contributed by atoms with Crippen LogP contribution < -0.4 is 5.32 Å². The minimum atomic E-state index is -0.224. The molecule has 4 aliphatic rings. The number of nitrogens with one attached hydrogen (secondary N) is 1. The summed E-state index contributed by atoms with van der Waals surface area (Å²) in [5, 5.41) is 5.29. The van der Waals surface area contributed by atoms with E-state index in [4.69, 9.17) is 4.74 Å². The largest absolute Gasteiger partial charge is 0.380 e. The van der Waals surface area contributed by atoms with Crippen LogP contribution in [0.1, 0.15) is 76.5 Å². The van der Waals surface area contributed by atoms with Gasteiger partial charge in [0.2, 0.25) is 5.91 Å². The van der Waals surface area contributed by atoms with Crippen LogP contribution in [0.15, 0.2) is 65.6 Å². The normalized spacial score (nSPS) is 20.9. The number of amides is 2. The molecule has 1 N–H and O–H groups in total. The van der Waals surface area contributed by atoms with Gasteiger partial charge in [-0.05, 0) is 97.0 Å². The lowest BCUT2D eigenvalue weighted by Gasteiger charge is -2.56. The molecule has 230 valence electrons. The maximum absolute atomic E-state index is 13.8. The third-order valence-corrected chi connectivity index (χ3v) is 11.0. The lowest BCUT2D eigenvalue weighted by atomic mass is 9.59. The van der Waals surface area contributed by atoms with Crippen LogP contribution in [0.2, 0.25) is 0 Å². The summed E-state index contributed by atoms with van der Waals surface area (Å²) in [6, 6.07) is 17.2. The summed E-state index contributed by atoms with van der Waals surface area (Å²) in [4.78, 5) is 30.8. The molecule has 6 nitrogen and oxygen atoms in total. The zero-order chi connectivity index (χ0) is 30.4. The Morgan fingerprint density at radius 1 is 1.00 bits per heavy atom. The number of allylic oxidation sites excluding steroid dienone is 1. The fourth-order valence-electron chi connectivity index (χ4n) is 7.59. The second kappa shape index (κ2) is 11.9. The van der Waals surface area contributed by atoms with Crippen LogP contribution in [0.5, 0.6) is 0 Å². The lowest BCUT2D eigenvalue weighted by Crippen LogP contribution is -2.58. The van der Waals surface area contributed by atoms with E-state index in [1.54, 1.807) is 12.1 Å². The number of halogens is 1. The predicted octanol–water partition coefficient (Wildman–Crippen LogP) is 6.26. The zero-order valence-corrected chi connectivity index (χ0v) is 26.3. The number of piperidine rings is 1. The van der Waals surface area contributed by atoms with Gasteiger partial charge < -0.3 is 19.9 Å². The van der Waals surface area contributed by atoms with Gasteiger partial charge in [0, 0.05) is 31.6 Å². The molecule has 8 heteroatoms. The maximum atomic E-state index is 13.8. The first-order valence-electron chi connectivity index (χ1n) is 15.8. The van der Waals surface area contributed by atoms with Crippen molar-refractivity contribution in [3.05, 3.63) is 98.5 Å². The number of ether oxygens (including phenoxy) is 1. The first-order valence-corrected chi connectivity index (χ1v) is 16.7. The minimum absolute atomic E-state index is 0.0415. The van der Waals surface area contributed by atoms with E-state index in [2.05, 4.69) is 46.9 Å². The molecular weight excluding hydrogens is 573 g/mol. The first-order chi connectivity index (χ1) is 21.3. The van der Waals surface area contributed by atoms with E-state index >= 15 is 0 Å². The van der Waals surface area contributed by atoms with E-state index < -0.39 is 0 Å². The smallest absolute Gasteiger partial charge is 0.261 e. The topological polar surface area (TPSA) is 61.9 Å². The van der Waals surface area contributed by atoms with Gasteiger partial charge in [-0.2, -0.15) is 0 Å². The fourth-order valence-corrected chi connectivity index (χ4v) is 8.48. The van der Waals surface area contributed by atoms with Crippen molar-refractivity contribution in [1.29, 1.82) is 0 Å². The van der Waals surface area contributed by atoms with Crippen molar-refractivity contribution < 1.29 is 18.7 Å². The Balaban J connectivity index is 0.987. The number of likely N-dealkylation sites (tertiary alicyclic amines) is 2. The zero-order valence-electron chi connectivity index (χ0n) is 25.5. The van der Waals surface area contributed by atoms with Crippen LogP contribution in [0.25, 0.3) is 5.57 Å². The van der Waals surface area contributed by atoms with Gasteiger partial charge in [-0.1, -0.05) is 42.0 Å². The molecule has 2 amide bonds. The number of carbonyl (C=O) groups excluding carboxylic acids is 2. The van der Waals surface area contributed by atoms with Crippen molar-refractivity contribution in [3.8, 4) is 0 Å². The number of carbonyl (C=O) groups is 2. The van der Waals surface area contributed by atoms with E-state index in [9.17, 15) is 14.0 Å². The quantitative estimate of drug-likeness (QED) is 0.342. The number of nitrogens with zero attached hydrogens (tertiary/aromatic N) is 2. The van der Waals surface area contributed by atoms with Gasteiger partial charge in [-0.3, -0.25) is 9.59 Å². The van der Waals surface area contributed by atoms with E-state index in [1.807, 2.05) is 30.0 Å². The van der Waals surface area contributed by atoms with Crippen molar-refractivity contribution in [2.24, 2.45) is 11.3 Å². The Morgan fingerprint density at radius 3 is 2.23 bits per heavy atom. The molecule has 3 aromatic rings. The monoisotopic (exact) mass is 613 g/mol. The van der Waals surface area contributed by atoms with E-state index in [-0.39, 0.29) is 29.6 Å². The Bertz CT molecular complexity index is 1550. The highest BCUT2D eigenvalue weighted by atomic mass is 32.1. The highest BCUT2D eigenvalue weighted by molar-refractivity contribution is 7.12. The number of hydrogen-bond donors (Lipinski definition) is 1. The molecule has 1 saturated carbocycles. The second-order valence-corrected chi connectivity index (χ2v) is 14.3. The molecule has 4 fully saturated rings. The average molecular weight is 614 g/mol. The van der Waals surface area contributed by atoms with Crippen LogP contribution in [0.4, 0.5) is 4.39 Å². The predicted molar refractivity (Wildman–Crippen MR) is 171 cm³/mol. The molecule has 44 heavy (non-hydrogen) atoms. The van der Waals surface area contributed by atoms with Gasteiger partial charge >= 0.3 is 0 Å². The number of hydrogen-bond acceptors (Lipinski definition) is 5. The summed E-state index contributed by atoms with van der Waals surface area (Å²) >= 11 is 1.49. The Kier molecular flexibility index (Phi) is 7.93. The second-order valence-electron chi connectivity index (χ2n) is 13.4. The van der Waals surface area contributed by atoms with Crippen molar-refractivity contribution in [3.63, 3.8) is 0 Å². The molecule has 2 aromatic carbocycles. The average Bonchev–Trinajstić information content (AvgIpc) is 3.46. The van der Waals surface area contributed by atoms with Crippen LogP contribution in [0, 0.1) is 17.2 Å². The molecular formula is C36H40FN3O3S. The fraction of sp³-hybridized carbons (Fsp3) is 0.444. The molecule has 0 bridgehead atoms. The third kappa shape index (κ3) is 5.75. The molecule has 1 aromatic heterocycles. The number of rotatable bonds is 7. The van der Waals surface area contributed by atoms with Gasteiger partial charge in [-0.15, -0.1) is 11.3 Å². The summed E-state index contributed by atoms with van der Waals surface area (Å²) in [5.41, 5.74) is 7.50. The molecule has 7 rings (SSSR count). The molecule has 3 saturated heterocycles. The molecule has 4 heterocycles. The van der Waals surface area contributed by atoms with E-state index in [1.165, 1.54) is 28.0 Å². The first kappa shape index (κ1) is 29.4. The Morgan fingerprint density at radius 2 is 1.64 bits per heavy atom. The maximum Gasteiger partial charge on any atom is 0.261 e. The van der Waals surface area contributed by atoms with Crippen molar-refractivity contribution >= 4 is 28.7 Å². The summed E-state index contributed by atoms with van der Waals surface area (Å²) in [6.07, 6.45) is 4.03. The van der Waals surface area contributed by atoms with Gasteiger partial charge in [0.05, 0.1) is 30.1 Å². The Labute approximate surface area is 262 Å². The molecule has 1 atom stereocenters. The standard InChI is InChI=1S/C36H40FN3O3S/c1-23(38-34(41)32-15-28(20-44-32)25-11-13-40(14-12-25)35(42)30-18-43-19-30)24-3-5-26(6-4-24)33(27-7-9-31(37)10-8-27)29-16-36(17-29)21-39(2)22-36/h3-10,15,20,23,25,30H,11-14,16-19,21-22H2,1-2H3,(H,38,41)/t23-/m1/s1. The lowest BCUT2D eigenvalue weighted by molar-refractivity contribution is -0.150.